The Morgan fingerprint density at radius 3 is 1.79 bits per heavy atom. The molecule has 156 valence electrons. The molecule has 2 aliphatic heterocycles. The van der Waals surface area contributed by atoms with Crippen LogP contribution in [0.3, 0.4) is 0 Å². The molecule has 2 aromatic heterocycles. The molecule has 1 amide bonds. The maximum Gasteiger partial charge on any atom is 0.257 e. The van der Waals surface area contributed by atoms with Crippen LogP contribution in [-0.2, 0) is 7.05 Å². The van der Waals surface area contributed by atoms with Gasteiger partial charge in [0.05, 0.1) is 11.3 Å². The van der Waals surface area contributed by atoms with Crippen molar-refractivity contribution in [3.63, 3.8) is 0 Å². The number of likely N-dealkylation sites (N-methyl/N-ethyl adjacent to an activating group) is 1. The summed E-state index contributed by atoms with van der Waals surface area (Å²) in [5.74, 6) is 1.89. The lowest BCUT2D eigenvalue weighted by atomic mass is 10.1. The van der Waals surface area contributed by atoms with Crippen molar-refractivity contribution in [3.05, 3.63) is 29.1 Å². The van der Waals surface area contributed by atoms with Gasteiger partial charge >= 0.3 is 0 Å². The van der Waals surface area contributed by atoms with Crippen molar-refractivity contribution in [2.24, 2.45) is 7.05 Å². The lowest BCUT2D eigenvalue weighted by molar-refractivity contribution is 0.0745. The molecule has 2 fully saturated rings. The van der Waals surface area contributed by atoms with Crippen LogP contribution in [-0.4, -0.2) is 95.1 Å². The third-order valence-electron chi connectivity index (χ3n) is 6.08. The molecule has 9 heteroatoms. The Balaban J connectivity index is 1.36. The average molecular weight is 399 g/mol. The molecule has 9 nitrogen and oxygen atoms in total. The standard InChI is InChI=1S/C20H30N8O/c1-15-19(16(2)25(4)23-15)20(29)28-13-11-27(12-14-28)18-6-5-17(21-22-18)26-9-7-24(3)8-10-26/h5-6H,7-14H2,1-4H3. The van der Waals surface area contributed by atoms with E-state index in [4.69, 9.17) is 0 Å². The van der Waals surface area contributed by atoms with E-state index in [1.807, 2.05) is 31.9 Å². The molecule has 29 heavy (non-hydrogen) atoms. The Kier molecular flexibility index (Phi) is 5.40. The fourth-order valence-electron chi connectivity index (χ4n) is 4.07. The Hall–Kier alpha value is -2.68. The fourth-order valence-corrected chi connectivity index (χ4v) is 4.07. The smallest absolute Gasteiger partial charge is 0.257 e. The number of rotatable bonds is 3. The van der Waals surface area contributed by atoms with Gasteiger partial charge in [0.25, 0.3) is 5.91 Å². The maximum atomic E-state index is 13.0. The van der Waals surface area contributed by atoms with Gasteiger partial charge in [0.2, 0.25) is 0 Å². The van der Waals surface area contributed by atoms with Crippen LogP contribution in [0, 0.1) is 13.8 Å². The predicted octanol–water partition coefficient (Wildman–Crippen LogP) is 0.541. The van der Waals surface area contributed by atoms with Crippen LogP contribution >= 0.6 is 0 Å². The van der Waals surface area contributed by atoms with Crippen molar-refractivity contribution in [2.45, 2.75) is 13.8 Å². The second-order valence-electron chi connectivity index (χ2n) is 7.99. The highest BCUT2D eigenvalue weighted by atomic mass is 16.2. The normalized spacial score (nSPS) is 18.4. The van der Waals surface area contributed by atoms with Crippen molar-refractivity contribution < 1.29 is 4.79 Å². The van der Waals surface area contributed by atoms with E-state index >= 15 is 0 Å². The molecule has 0 N–H and O–H groups in total. The highest BCUT2D eigenvalue weighted by Crippen LogP contribution is 2.20. The number of hydrogen-bond acceptors (Lipinski definition) is 7. The molecular weight excluding hydrogens is 368 g/mol. The average Bonchev–Trinajstić information content (AvgIpc) is 3.00. The minimum Gasteiger partial charge on any atom is -0.353 e. The lowest BCUT2D eigenvalue weighted by Gasteiger charge is -2.36. The summed E-state index contributed by atoms with van der Waals surface area (Å²) in [4.78, 5) is 21.7. The summed E-state index contributed by atoms with van der Waals surface area (Å²) in [7, 11) is 4.02. The highest BCUT2D eigenvalue weighted by molar-refractivity contribution is 5.96. The molecular formula is C20H30N8O. The van der Waals surface area contributed by atoms with E-state index in [0.717, 1.165) is 67.9 Å². The van der Waals surface area contributed by atoms with E-state index in [0.29, 0.717) is 13.1 Å². The summed E-state index contributed by atoms with van der Waals surface area (Å²) >= 11 is 0. The van der Waals surface area contributed by atoms with E-state index in [2.05, 4.69) is 43.1 Å². The topological polar surface area (TPSA) is 73.6 Å². The minimum atomic E-state index is 0.0734. The number of carbonyl (C=O) groups is 1. The number of piperazine rings is 2. The van der Waals surface area contributed by atoms with Crippen molar-refractivity contribution in [2.75, 3.05) is 69.2 Å². The molecule has 4 rings (SSSR count). The van der Waals surface area contributed by atoms with Crippen LogP contribution in [0.5, 0.6) is 0 Å². The highest BCUT2D eigenvalue weighted by Gasteiger charge is 2.27. The first-order valence-corrected chi connectivity index (χ1v) is 10.3. The van der Waals surface area contributed by atoms with Crippen molar-refractivity contribution in [1.82, 2.24) is 29.8 Å². The number of aromatic nitrogens is 4. The van der Waals surface area contributed by atoms with Crippen molar-refractivity contribution >= 4 is 17.5 Å². The number of hydrogen-bond donors (Lipinski definition) is 0. The molecule has 0 aliphatic carbocycles. The first-order chi connectivity index (χ1) is 13.9. The van der Waals surface area contributed by atoms with Gasteiger partial charge < -0.3 is 19.6 Å². The third kappa shape index (κ3) is 3.91. The number of carbonyl (C=O) groups excluding carboxylic acids is 1. The molecule has 0 saturated carbocycles. The van der Waals surface area contributed by atoms with Gasteiger partial charge in [-0.25, -0.2) is 0 Å². The van der Waals surface area contributed by atoms with Crippen molar-refractivity contribution in [1.29, 1.82) is 0 Å². The van der Waals surface area contributed by atoms with Crippen LogP contribution in [0.4, 0.5) is 11.6 Å². The number of nitrogens with zero attached hydrogens (tertiary/aromatic N) is 8. The Morgan fingerprint density at radius 1 is 0.828 bits per heavy atom. The summed E-state index contributed by atoms with van der Waals surface area (Å²) in [6.07, 6.45) is 0. The van der Waals surface area contributed by atoms with E-state index < -0.39 is 0 Å². The summed E-state index contributed by atoms with van der Waals surface area (Å²) < 4.78 is 1.77. The monoisotopic (exact) mass is 398 g/mol. The summed E-state index contributed by atoms with van der Waals surface area (Å²) in [5.41, 5.74) is 2.44. The Bertz CT molecular complexity index is 861. The first kappa shape index (κ1) is 19.6. The van der Waals surface area contributed by atoms with E-state index in [9.17, 15) is 4.79 Å². The molecule has 0 aromatic carbocycles. The molecule has 0 atom stereocenters. The molecule has 4 heterocycles. The molecule has 0 unspecified atom stereocenters. The summed E-state index contributed by atoms with van der Waals surface area (Å²) in [6, 6.07) is 4.11. The second-order valence-corrected chi connectivity index (χ2v) is 7.99. The molecule has 2 saturated heterocycles. The van der Waals surface area contributed by atoms with Crippen LogP contribution in [0.15, 0.2) is 12.1 Å². The Morgan fingerprint density at radius 2 is 1.34 bits per heavy atom. The SMILES string of the molecule is Cc1nn(C)c(C)c1C(=O)N1CCN(c2ccc(N3CCN(C)CC3)nn2)CC1. The van der Waals surface area contributed by atoms with E-state index in [-0.39, 0.29) is 5.91 Å². The van der Waals surface area contributed by atoms with Gasteiger partial charge in [-0.05, 0) is 33.0 Å². The molecule has 2 aliphatic rings. The number of aryl methyl sites for hydroxylation is 2. The summed E-state index contributed by atoms with van der Waals surface area (Å²) in [6.45, 7) is 10.8. The van der Waals surface area contributed by atoms with Gasteiger partial charge in [-0.15, -0.1) is 10.2 Å². The fraction of sp³-hybridized carbons (Fsp3) is 0.600. The molecule has 0 bridgehead atoms. The van der Waals surface area contributed by atoms with Crippen molar-refractivity contribution in [3.8, 4) is 0 Å². The summed E-state index contributed by atoms with van der Waals surface area (Å²) in [5, 5.41) is 13.3. The van der Waals surface area contributed by atoms with Gasteiger partial charge in [0.1, 0.15) is 0 Å². The molecule has 0 radical (unpaired) electrons. The zero-order valence-corrected chi connectivity index (χ0v) is 17.8. The maximum absolute atomic E-state index is 13.0. The zero-order chi connectivity index (χ0) is 20.5. The van der Waals surface area contributed by atoms with Gasteiger partial charge in [-0.3, -0.25) is 9.48 Å². The van der Waals surface area contributed by atoms with Gasteiger partial charge in [-0.1, -0.05) is 0 Å². The molecule has 0 spiro atoms. The van der Waals surface area contributed by atoms with Gasteiger partial charge in [0, 0.05) is 65.1 Å². The van der Waals surface area contributed by atoms with E-state index in [1.165, 1.54) is 0 Å². The Labute approximate surface area is 171 Å². The number of anilines is 2. The third-order valence-corrected chi connectivity index (χ3v) is 6.08. The zero-order valence-electron chi connectivity index (χ0n) is 17.8. The second kappa shape index (κ2) is 7.98. The first-order valence-electron chi connectivity index (χ1n) is 10.3. The van der Waals surface area contributed by atoms with Crippen LogP contribution in [0.2, 0.25) is 0 Å². The van der Waals surface area contributed by atoms with Gasteiger partial charge in [0.15, 0.2) is 11.6 Å². The predicted molar refractivity (Wildman–Crippen MR) is 113 cm³/mol. The van der Waals surface area contributed by atoms with Crippen LogP contribution in [0.1, 0.15) is 21.7 Å². The van der Waals surface area contributed by atoms with Crippen LogP contribution in [0.25, 0.3) is 0 Å². The van der Waals surface area contributed by atoms with E-state index in [1.54, 1.807) is 4.68 Å². The van der Waals surface area contributed by atoms with Crippen LogP contribution < -0.4 is 9.80 Å². The minimum absolute atomic E-state index is 0.0734. The largest absolute Gasteiger partial charge is 0.353 e. The van der Waals surface area contributed by atoms with Gasteiger partial charge in [-0.2, -0.15) is 5.10 Å². The lowest BCUT2D eigenvalue weighted by Crippen LogP contribution is -2.49. The number of amides is 1. The quantitative estimate of drug-likeness (QED) is 0.747. The molecule has 2 aromatic rings.